The van der Waals surface area contributed by atoms with Crippen molar-refractivity contribution in [3.8, 4) is 0 Å². The lowest BCUT2D eigenvalue weighted by molar-refractivity contribution is -0.119. The molecule has 1 aromatic carbocycles. The van der Waals surface area contributed by atoms with Crippen molar-refractivity contribution in [3.63, 3.8) is 0 Å². The molecule has 0 N–H and O–H groups in total. The van der Waals surface area contributed by atoms with Gasteiger partial charge in [0.25, 0.3) is 7.37 Å². The molecule has 0 amide bonds. The SMILES string of the molecule is COP(=O)(C(=O)C(C)(C)C)c1ccccc1. The summed E-state index contributed by atoms with van der Waals surface area (Å²) in [4.78, 5) is 12.1. The maximum atomic E-state index is 12.6. The highest BCUT2D eigenvalue weighted by atomic mass is 31.2. The van der Waals surface area contributed by atoms with Crippen molar-refractivity contribution in [1.82, 2.24) is 0 Å². The number of hydrogen-bond donors (Lipinski definition) is 0. The van der Waals surface area contributed by atoms with Gasteiger partial charge in [0.2, 0.25) is 5.52 Å². The molecule has 0 aromatic heterocycles. The Labute approximate surface area is 96.3 Å². The van der Waals surface area contributed by atoms with E-state index in [1.807, 2.05) is 6.07 Å². The first-order chi connectivity index (χ1) is 7.32. The van der Waals surface area contributed by atoms with Gasteiger partial charge >= 0.3 is 0 Å². The van der Waals surface area contributed by atoms with Gasteiger partial charge in [0.1, 0.15) is 0 Å². The molecule has 0 radical (unpaired) electrons. The summed E-state index contributed by atoms with van der Waals surface area (Å²) in [5, 5.41) is 0.456. The van der Waals surface area contributed by atoms with Crippen LogP contribution in [0.5, 0.6) is 0 Å². The summed E-state index contributed by atoms with van der Waals surface area (Å²) >= 11 is 0. The minimum Gasteiger partial charge on any atom is -0.323 e. The molecule has 3 nitrogen and oxygen atoms in total. The molecule has 16 heavy (non-hydrogen) atoms. The van der Waals surface area contributed by atoms with Crippen molar-refractivity contribution >= 4 is 18.2 Å². The van der Waals surface area contributed by atoms with Crippen LogP contribution in [0.4, 0.5) is 0 Å². The number of rotatable bonds is 3. The molecule has 0 bridgehead atoms. The molecule has 1 atom stereocenters. The summed E-state index contributed by atoms with van der Waals surface area (Å²) in [5.41, 5.74) is -1.03. The third kappa shape index (κ3) is 2.42. The van der Waals surface area contributed by atoms with Crippen molar-refractivity contribution in [2.75, 3.05) is 7.11 Å². The van der Waals surface area contributed by atoms with Crippen LogP contribution in [0.1, 0.15) is 20.8 Å². The average molecular weight is 240 g/mol. The van der Waals surface area contributed by atoms with Gasteiger partial charge in [0, 0.05) is 17.8 Å². The van der Waals surface area contributed by atoms with E-state index in [0.717, 1.165) is 0 Å². The molecular formula is C12H17O3P. The highest BCUT2D eigenvalue weighted by molar-refractivity contribution is 7.83. The van der Waals surface area contributed by atoms with Gasteiger partial charge in [-0.3, -0.25) is 9.36 Å². The van der Waals surface area contributed by atoms with E-state index in [2.05, 4.69) is 0 Å². The fraction of sp³-hybridized carbons (Fsp3) is 0.417. The van der Waals surface area contributed by atoms with E-state index in [0.29, 0.717) is 5.30 Å². The molecule has 0 aliphatic heterocycles. The van der Waals surface area contributed by atoms with Crippen LogP contribution in [0.25, 0.3) is 0 Å². The third-order valence-corrected chi connectivity index (χ3v) is 4.96. The van der Waals surface area contributed by atoms with Gasteiger partial charge in [0.15, 0.2) is 0 Å². The first-order valence-corrected chi connectivity index (χ1v) is 6.71. The highest BCUT2D eigenvalue weighted by Crippen LogP contribution is 2.50. The van der Waals surface area contributed by atoms with Gasteiger partial charge in [-0.2, -0.15) is 0 Å². The van der Waals surface area contributed by atoms with Crippen LogP contribution in [-0.4, -0.2) is 12.6 Å². The molecular weight excluding hydrogens is 223 g/mol. The first-order valence-electron chi connectivity index (χ1n) is 5.09. The highest BCUT2D eigenvalue weighted by Gasteiger charge is 2.41. The fourth-order valence-electron chi connectivity index (χ4n) is 1.37. The summed E-state index contributed by atoms with van der Waals surface area (Å²) in [6.45, 7) is 5.22. The van der Waals surface area contributed by atoms with E-state index in [1.165, 1.54) is 7.11 Å². The molecule has 1 aromatic rings. The van der Waals surface area contributed by atoms with Crippen LogP contribution in [0.3, 0.4) is 0 Å². The largest absolute Gasteiger partial charge is 0.323 e. The Morgan fingerprint density at radius 2 is 1.69 bits per heavy atom. The third-order valence-electron chi connectivity index (χ3n) is 2.26. The number of carbonyl (C=O) groups excluding carboxylic acids is 1. The van der Waals surface area contributed by atoms with E-state index in [1.54, 1.807) is 45.0 Å². The van der Waals surface area contributed by atoms with Gasteiger partial charge in [-0.05, 0) is 12.1 Å². The molecule has 0 aliphatic rings. The molecule has 0 aliphatic carbocycles. The van der Waals surface area contributed by atoms with E-state index in [-0.39, 0.29) is 5.52 Å². The average Bonchev–Trinajstić information content (AvgIpc) is 2.27. The second-order valence-corrected chi connectivity index (χ2v) is 7.02. The minimum atomic E-state index is -3.40. The van der Waals surface area contributed by atoms with Crippen molar-refractivity contribution < 1.29 is 13.9 Å². The number of hydrogen-bond acceptors (Lipinski definition) is 3. The van der Waals surface area contributed by atoms with Crippen molar-refractivity contribution in [3.05, 3.63) is 30.3 Å². The van der Waals surface area contributed by atoms with Gasteiger partial charge in [-0.15, -0.1) is 0 Å². The van der Waals surface area contributed by atoms with E-state index < -0.39 is 12.8 Å². The molecule has 0 spiro atoms. The zero-order valence-electron chi connectivity index (χ0n) is 10.1. The van der Waals surface area contributed by atoms with E-state index in [9.17, 15) is 9.36 Å². The van der Waals surface area contributed by atoms with Crippen LogP contribution in [0.2, 0.25) is 0 Å². The van der Waals surface area contributed by atoms with Crippen molar-refractivity contribution in [2.45, 2.75) is 20.8 Å². The second-order valence-electron chi connectivity index (χ2n) is 4.62. The van der Waals surface area contributed by atoms with E-state index in [4.69, 9.17) is 4.52 Å². The number of benzene rings is 1. The topological polar surface area (TPSA) is 43.4 Å². The standard InChI is InChI=1S/C12H17O3P/c1-12(2,3)11(13)16(14,15-4)10-8-6-5-7-9-10/h5-9H,1-4H3. The summed E-state index contributed by atoms with van der Waals surface area (Å²) in [7, 11) is -2.09. The summed E-state index contributed by atoms with van der Waals surface area (Å²) in [6.07, 6.45) is 0. The molecule has 0 saturated heterocycles. The van der Waals surface area contributed by atoms with Crippen molar-refractivity contribution in [2.24, 2.45) is 5.41 Å². The molecule has 1 unspecified atom stereocenters. The zero-order valence-corrected chi connectivity index (χ0v) is 11.0. The van der Waals surface area contributed by atoms with Gasteiger partial charge in [-0.25, -0.2) is 0 Å². The van der Waals surface area contributed by atoms with Crippen molar-refractivity contribution in [1.29, 1.82) is 0 Å². The Kier molecular flexibility index (Phi) is 3.72. The maximum Gasteiger partial charge on any atom is 0.296 e. The minimum absolute atomic E-state index is 0.353. The van der Waals surface area contributed by atoms with Gasteiger partial charge in [0.05, 0.1) is 0 Å². The lowest BCUT2D eigenvalue weighted by Crippen LogP contribution is -2.25. The van der Waals surface area contributed by atoms with Crippen LogP contribution < -0.4 is 5.30 Å². The van der Waals surface area contributed by atoms with Crippen LogP contribution >= 0.6 is 7.37 Å². The second kappa shape index (κ2) is 4.52. The zero-order chi connectivity index (χ0) is 12.4. The Balaban J connectivity index is 3.25. The summed E-state index contributed by atoms with van der Waals surface area (Å²) < 4.78 is 17.6. The number of carbonyl (C=O) groups is 1. The van der Waals surface area contributed by atoms with Crippen LogP contribution in [-0.2, 0) is 13.9 Å². The van der Waals surface area contributed by atoms with Gasteiger partial charge in [-0.1, -0.05) is 39.0 Å². The Morgan fingerprint density at radius 1 is 1.19 bits per heavy atom. The normalized spacial score (nSPS) is 15.5. The van der Waals surface area contributed by atoms with Crippen LogP contribution in [0, 0.1) is 5.41 Å². The monoisotopic (exact) mass is 240 g/mol. The quantitative estimate of drug-likeness (QED) is 0.763. The van der Waals surface area contributed by atoms with Crippen LogP contribution in [0.15, 0.2) is 30.3 Å². The molecule has 1 rings (SSSR count). The molecule has 0 heterocycles. The Morgan fingerprint density at radius 3 is 2.06 bits per heavy atom. The summed E-state index contributed by atoms with van der Waals surface area (Å²) in [6, 6.07) is 8.63. The lowest BCUT2D eigenvalue weighted by atomic mass is 9.99. The maximum absolute atomic E-state index is 12.6. The molecule has 0 saturated carbocycles. The summed E-state index contributed by atoms with van der Waals surface area (Å²) in [5.74, 6) is 0. The Hall–Kier alpha value is -0.920. The van der Waals surface area contributed by atoms with E-state index >= 15 is 0 Å². The fourth-order valence-corrected chi connectivity index (χ4v) is 3.43. The lowest BCUT2D eigenvalue weighted by Gasteiger charge is -2.23. The molecule has 88 valence electrons. The van der Waals surface area contributed by atoms with Gasteiger partial charge < -0.3 is 4.52 Å². The molecule has 4 heteroatoms. The first kappa shape index (κ1) is 13.1. The predicted molar refractivity (Wildman–Crippen MR) is 65.2 cm³/mol. The smallest absolute Gasteiger partial charge is 0.296 e. The predicted octanol–water partition coefficient (Wildman–Crippen LogP) is 2.81. The Bertz CT molecular complexity index is 418. The molecule has 0 fully saturated rings.